The third-order valence-electron chi connectivity index (χ3n) is 3.03. The van der Waals surface area contributed by atoms with Gasteiger partial charge in [0.15, 0.2) is 11.5 Å². The van der Waals surface area contributed by atoms with E-state index in [1.165, 1.54) is 0 Å². The monoisotopic (exact) mass is 338 g/mol. The van der Waals surface area contributed by atoms with Crippen molar-refractivity contribution in [2.45, 2.75) is 6.54 Å². The minimum atomic E-state index is 0.529. The van der Waals surface area contributed by atoms with E-state index in [1.807, 2.05) is 24.3 Å². The van der Waals surface area contributed by atoms with Crippen molar-refractivity contribution in [2.75, 3.05) is 14.2 Å². The largest absolute Gasteiger partial charge is 0.493 e. The van der Waals surface area contributed by atoms with E-state index in [9.17, 15) is 0 Å². The molecule has 0 aliphatic carbocycles. The summed E-state index contributed by atoms with van der Waals surface area (Å²) in [6.45, 7) is 0.529. The van der Waals surface area contributed by atoms with Crippen LogP contribution in [0.2, 0.25) is 10.0 Å². The molecule has 2 rings (SSSR count). The molecule has 0 heterocycles. The van der Waals surface area contributed by atoms with Crippen LogP contribution < -0.4 is 14.9 Å². The van der Waals surface area contributed by atoms with Gasteiger partial charge in [-0.1, -0.05) is 41.4 Å². The van der Waals surface area contributed by atoms with Gasteiger partial charge in [-0.3, -0.25) is 0 Å². The Balaban J connectivity index is 2.06. The van der Waals surface area contributed by atoms with Crippen LogP contribution in [0.1, 0.15) is 11.1 Å². The Bertz CT molecular complexity index is 675. The third-order valence-corrected chi connectivity index (χ3v) is 3.72. The molecule has 0 radical (unpaired) electrons. The lowest BCUT2D eigenvalue weighted by Gasteiger charge is -2.09. The molecule has 0 aliphatic rings. The molecule has 0 atom stereocenters. The summed E-state index contributed by atoms with van der Waals surface area (Å²) in [6, 6.07) is 11.1. The Morgan fingerprint density at radius 2 is 1.73 bits per heavy atom. The molecule has 0 saturated carbocycles. The first-order valence-corrected chi connectivity index (χ1v) is 7.32. The van der Waals surface area contributed by atoms with Gasteiger partial charge in [0, 0.05) is 16.7 Å². The Hall–Kier alpha value is -1.91. The van der Waals surface area contributed by atoms with Crippen molar-refractivity contribution in [3.8, 4) is 11.5 Å². The van der Waals surface area contributed by atoms with Crippen molar-refractivity contribution < 1.29 is 9.47 Å². The van der Waals surface area contributed by atoms with Gasteiger partial charge in [-0.15, -0.1) is 0 Å². The number of halogens is 2. The number of hydrogen-bond acceptors (Lipinski definition) is 4. The molecular weight excluding hydrogens is 323 g/mol. The molecule has 116 valence electrons. The molecule has 0 bridgehead atoms. The summed E-state index contributed by atoms with van der Waals surface area (Å²) in [5.41, 5.74) is 4.64. The van der Waals surface area contributed by atoms with Gasteiger partial charge in [0.05, 0.1) is 32.0 Å². The van der Waals surface area contributed by atoms with E-state index in [0.29, 0.717) is 28.1 Å². The quantitative estimate of drug-likeness (QED) is 0.636. The predicted octanol–water partition coefficient (Wildman–Crippen LogP) is 4.13. The molecule has 1 N–H and O–H groups in total. The Morgan fingerprint density at radius 1 is 1.05 bits per heavy atom. The Labute approximate surface area is 139 Å². The van der Waals surface area contributed by atoms with Crippen molar-refractivity contribution >= 4 is 29.4 Å². The minimum Gasteiger partial charge on any atom is -0.493 e. The highest BCUT2D eigenvalue weighted by molar-refractivity contribution is 6.33. The van der Waals surface area contributed by atoms with Gasteiger partial charge in [0.2, 0.25) is 0 Å². The second-order valence-corrected chi connectivity index (χ2v) is 5.23. The maximum Gasteiger partial charge on any atom is 0.162 e. The number of ether oxygens (including phenoxy) is 2. The van der Waals surface area contributed by atoms with E-state index < -0.39 is 0 Å². The summed E-state index contributed by atoms with van der Waals surface area (Å²) in [6.07, 6.45) is 1.63. The molecule has 0 aromatic heterocycles. The standard InChI is InChI=1S/C16H16Cl2N2O2/c1-21-15-7-12(14(18)8-16(15)22-2)10-20-19-9-11-5-3-4-6-13(11)17/h3-8,10,19H,9H2,1-2H3/b20-10-. The van der Waals surface area contributed by atoms with Crippen LogP contribution in [0.4, 0.5) is 0 Å². The van der Waals surface area contributed by atoms with E-state index in [0.717, 1.165) is 11.1 Å². The molecule has 0 saturated heterocycles. The van der Waals surface area contributed by atoms with Crippen molar-refractivity contribution in [2.24, 2.45) is 5.10 Å². The minimum absolute atomic E-state index is 0.529. The Morgan fingerprint density at radius 3 is 2.41 bits per heavy atom. The summed E-state index contributed by atoms with van der Waals surface area (Å²) < 4.78 is 10.4. The van der Waals surface area contributed by atoms with Gasteiger partial charge in [-0.2, -0.15) is 5.10 Å². The second-order valence-electron chi connectivity index (χ2n) is 4.41. The van der Waals surface area contributed by atoms with Crippen molar-refractivity contribution in [3.63, 3.8) is 0 Å². The topological polar surface area (TPSA) is 42.8 Å². The van der Waals surface area contributed by atoms with E-state index in [-0.39, 0.29) is 0 Å². The lowest BCUT2D eigenvalue weighted by molar-refractivity contribution is 0.355. The van der Waals surface area contributed by atoms with Gasteiger partial charge in [-0.25, -0.2) is 0 Å². The summed E-state index contributed by atoms with van der Waals surface area (Å²) in [7, 11) is 3.13. The van der Waals surface area contributed by atoms with Gasteiger partial charge in [-0.05, 0) is 17.7 Å². The molecule has 0 amide bonds. The Kier molecular flexibility index (Phi) is 5.92. The van der Waals surface area contributed by atoms with Crippen LogP contribution in [0, 0.1) is 0 Å². The first-order valence-electron chi connectivity index (χ1n) is 6.56. The third kappa shape index (κ3) is 4.06. The van der Waals surface area contributed by atoms with Crippen molar-refractivity contribution in [3.05, 3.63) is 57.6 Å². The average molecular weight is 339 g/mol. The van der Waals surface area contributed by atoms with Crippen LogP contribution in [0.15, 0.2) is 41.5 Å². The van der Waals surface area contributed by atoms with Crippen LogP contribution >= 0.6 is 23.2 Å². The molecule has 0 aliphatic heterocycles. The number of methoxy groups -OCH3 is 2. The average Bonchev–Trinajstić information content (AvgIpc) is 2.53. The summed E-state index contributed by atoms with van der Waals surface area (Å²) in [5, 5.41) is 5.39. The van der Waals surface area contributed by atoms with Crippen molar-refractivity contribution in [1.29, 1.82) is 0 Å². The van der Waals surface area contributed by atoms with Crippen LogP contribution in [0.25, 0.3) is 0 Å². The summed E-state index contributed by atoms with van der Waals surface area (Å²) in [5.74, 6) is 1.17. The van der Waals surface area contributed by atoms with E-state index in [1.54, 1.807) is 32.6 Å². The number of nitrogens with one attached hydrogen (secondary N) is 1. The maximum atomic E-state index is 6.18. The van der Waals surface area contributed by atoms with Gasteiger partial charge in [0.25, 0.3) is 0 Å². The molecule has 22 heavy (non-hydrogen) atoms. The zero-order chi connectivity index (χ0) is 15.9. The highest BCUT2D eigenvalue weighted by Crippen LogP contribution is 2.32. The van der Waals surface area contributed by atoms with E-state index >= 15 is 0 Å². The van der Waals surface area contributed by atoms with Crippen LogP contribution in [0.3, 0.4) is 0 Å². The smallest absolute Gasteiger partial charge is 0.162 e. The van der Waals surface area contributed by atoms with Crippen molar-refractivity contribution in [1.82, 2.24) is 5.43 Å². The predicted molar refractivity (Wildman–Crippen MR) is 90.4 cm³/mol. The molecule has 0 unspecified atom stereocenters. The molecule has 2 aromatic carbocycles. The zero-order valence-electron chi connectivity index (χ0n) is 12.3. The fraction of sp³-hybridized carbons (Fsp3) is 0.188. The molecule has 2 aromatic rings. The fourth-order valence-corrected chi connectivity index (χ4v) is 2.26. The highest BCUT2D eigenvalue weighted by atomic mass is 35.5. The van der Waals surface area contributed by atoms with Gasteiger partial charge >= 0.3 is 0 Å². The van der Waals surface area contributed by atoms with Crippen LogP contribution in [-0.4, -0.2) is 20.4 Å². The SMILES string of the molecule is COc1cc(Cl)c(/C=N\NCc2ccccc2Cl)cc1OC. The molecule has 4 nitrogen and oxygen atoms in total. The number of hydrazone groups is 1. The van der Waals surface area contributed by atoms with Crippen LogP contribution in [-0.2, 0) is 6.54 Å². The summed E-state index contributed by atoms with van der Waals surface area (Å²) >= 11 is 12.3. The number of rotatable bonds is 6. The van der Waals surface area contributed by atoms with E-state index in [2.05, 4.69) is 10.5 Å². The maximum absolute atomic E-state index is 6.18. The van der Waals surface area contributed by atoms with Crippen LogP contribution in [0.5, 0.6) is 11.5 Å². The van der Waals surface area contributed by atoms with Gasteiger partial charge < -0.3 is 14.9 Å². The fourth-order valence-electron chi connectivity index (χ4n) is 1.86. The molecule has 0 fully saturated rings. The van der Waals surface area contributed by atoms with Gasteiger partial charge in [0.1, 0.15) is 0 Å². The second kappa shape index (κ2) is 7.92. The zero-order valence-corrected chi connectivity index (χ0v) is 13.8. The lowest BCUT2D eigenvalue weighted by atomic mass is 10.2. The number of hydrogen-bond donors (Lipinski definition) is 1. The summed E-state index contributed by atoms with van der Waals surface area (Å²) in [4.78, 5) is 0. The normalized spacial score (nSPS) is 10.7. The first kappa shape index (κ1) is 16.5. The highest BCUT2D eigenvalue weighted by Gasteiger charge is 2.08. The first-order chi connectivity index (χ1) is 10.7. The van der Waals surface area contributed by atoms with E-state index in [4.69, 9.17) is 32.7 Å². The molecular formula is C16H16Cl2N2O2. The number of nitrogens with zero attached hydrogens (tertiary/aromatic N) is 1. The lowest BCUT2D eigenvalue weighted by Crippen LogP contribution is -2.06. The number of benzene rings is 2. The molecule has 0 spiro atoms. The molecule has 6 heteroatoms.